The molecule has 0 spiro atoms. The Bertz CT molecular complexity index is 1530. The van der Waals surface area contributed by atoms with Crippen molar-refractivity contribution in [2.45, 2.75) is 64.2 Å². The van der Waals surface area contributed by atoms with Gasteiger partial charge in [-0.2, -0.15) is 10.2 Å². The van der Waals surface area contributed by atoms with Crippen LogP contribution in [0.3, 0.4) is 0 Å². The van der Waals surface area contributed by atoms with Gasteiger partial charge in [-0.1, -0.05) is 30.3 Å². The van der Waals surface area contributed by atoms with Gasteiger partial charge in [-0.05, 0) is 64.3 Å². The number of piperidine rings is 1. The number of benzene rings is 2. The zero-order valence-electron chi connectivity index (χ0n) is 22.4. The zero-order chi connectivity index (χ0) is 27.2. The van der Waals surface area contributed by atoms with Crippen LogP contribution in [-0.2, 0) is 18.8 Å². The van der Waals surface area contributed by atoms with E-state index in [9.17, 15) is 14.8 Å². The van der Waals surface area contributed by atoms with E-state index < -0.39 is 11.1 Å². The molecule has 5 rings (SSSR count). The number of amides is 1. The highest BCUT2D eigenvalue weighted by atomic mass is 16.5. The van der Waals surface area contributed by atoms with Gasteiger partial charge in [0.05, 0.1) is 18.1 Å². The molecule has 1 N–H and O–H groups in total. The molecular weight excluding hydrogens is 480 g/mol. The molecule has 1 saturated heterocycles. The van der Waals surface area contributed by atoms with E-state index in [1.54, 1.807) is 23.0 Å². The molecule has 1 aliphatic heterocycles. The second-order valence-corrected chi connectivity index (χ2v) is 11.5. The molecule has 3 heterocycles. The SMILES string of the molecule is Cn1cc(-c2nn(Cc3ccc(C(=O)NC4CC(C)(C)N([O])C(C)(C)C4)cc3)c(=O)c3ccccc23)cn1. The van der Waals surface area contributed by atoms with Crippen LogP contribution in [0.4, 0.5) is 0 Å². The van der Waals surface area contributed by atoms with E-state index in [4.69, 9.17) is 0 Å². The van der Waals surface area contributed by atoms with Crippen LogP contribution in [0, 0.1) is 0 Å². The molecule has 9 nitrogen and oxygen atoms in total. The van der Waals surface area contributed by atoms with Crippen molar-refractivity contribution in [3.8, 4) is 11.3 Å². The number of rotatable bonds is 5. The first kappa shape index (κ1) is 25.8. The number of aromatic nitrogens is 4. The van der Waals surface area contributed by atoms with Crippen LogP contribution in [-0.4, -0.2) is 47.7 Å². The summed E-state index contributed by atoms with van der Waals surface area (Å²) in [6.07, 6.45) is 4.78. The summed E-state index contributed by atoms with van der Waals surface area (Å²) in [7, 11) is 1.84. The van der Waals surface area contributed by atoms with Crippen molar-refractivity contribution < 1.29 is 10.0 Å². The number of aryl methyl sites for hydroxylation is 1. The summed E-state index contributed by atoms with van der Waals surface area (Å²) in [5.74, 6) is -0.174. The van der Waals surface area contributed by atoms with Crippen LogP contribution in [0.5, 0.6) is 0 Å². The topological polar surface area (TPSA) is 105 Å². The van der Waals surface area contributed by atoms with E-state index in [1.807, 2.05) is 77.3 Å². The summed E-state index contributed by atoms with van der Waals surface area (Å²) in [6.45, 7) is 7.92. The smallest absolute Gasteiger partial charge is 0.274 e. The Kier molecular flexibility index (Phi) is 6.44. The molecule has 0 saturated carbocycles. The van der Waals surface area contributed by atoms with E-state index in [0.717, 1.165) is 21.6 Å². The van der Waals surface area contributed by atoms with Crippen molar-refractivity contribution in [1.29, 1.82) is 0 Å². The van der Waals surface area contributed by atoms with Crippen LogP contribution >= 0.6 is 0 Å². The second-order valence-electron chi connectivity index (χ2n) is 11.5. The van der Waals surface area contributed by atoms with E-state index in [1.165, 1.54) is 4.68 Å². The molecule has 0 unspecified atom stereocenters. The summed E-state index contributed by atoms with van der Waals surface area (Å²) < 4.78 is 3.16. The molecule has 2 aromatic carbocycles. The number of hydroxylamine groups is 2. The largest absolute Gasteiger partial charge is 0.349 e. The molecule has 9 heteroatoms. The van der Waals surface area contributed by atoms with E-state index >= 15 is 0 Å². The Morgan fingerprint density at radius 1 is 1.00 bits per heavy atom. The molecule has 4 aromatic rings. The maximum atomic E-state index is 13.2. The van der Waals surface area contributed by atoms with Gasteiger partial charge in [0.1, 0.15) is 5.69 Å². The van der Waals surface area contributed by atoms with Crippen molar-refractivity contribution >= 4 is 16.7 Å². The van der Waals surface area contributed by atoms with Crippen LogP contribution in [0.15, 0.2) is 65.7 Å². The van der Waals surface area contributed by atoms with Gasteiger partial charge in [-0.3, -0.25) is 14.3 Å². The first-order valence-corrected chi connectivity index (χ1v) is 12.8. The average molecular weight is 514 g/mol. The van der Waals surface area contributed by atoms with Crippen LogP contribution in [0.25, 0.3) is 22.0 Å². The van der Waals surface area contributed by atoms with Gasteiger partial charge < -0.3 is 5.32 Å². The molecule has 2 aromatic heterocycles. The molecule has 1 amide bonds. The highest BCUT2D eigenvalue weighted by molar-refractivity contribution is 5.94. The predicted octanol–water partition coefficient (Wildman–Crippen LogP) is 3.94. The third kappa shape index (κ3) is 4.87. The summed E-state index contributed by atoms with van der Waals surface area (Å²) in [5, 5.41) is 27.2. The molecule has 38 heavy (non-hydrogen) atoms. The third-order valence-corrected chi connectivity index (χ3v) is 7.32. The lowest BCUT2D eigenvalue weighted by molar-refractivity contribution is -0.289. The summed E-state index contributed by atoms with van der Waals surface area (Å²) in [4.78, 5) is 26.2. The minimum atomic E-state index is -0.557. The standard InChI is InChI=1S/C29H33N6O3/c1-28(2)14-22(15-29(3,4)35(28)38)31-26(36)20-12-10-19(11-13-20)17-34-27(37)24-9-7-6-8-23(24)25(32-34)21-16-30-33(5)18-21/h6-13,16,18,22H,14-15,17H2,1-5H3,(H,31,36). The van der Waals surface area contributed by atoms with Gasteiger partial charge in [0.2, 0.25) is 0 Å². The number of nitrogens with zero attached hydrogens (tertiary/aromatic N) is 5. The second kappa shape index (κ2) is 9.49. The summed E-state index contributed by atoms with van der Waals surface area (Å²) in [6, 6.07) is 14.6. The minimum Gasteiger partial charge on any atom is -0.349 e. The van der Waals surface area contributed by atoms with Crippen molar-refractivity contribution in [2.24, 2.45) is 7.05 Å². The number of carbonyl (C=O) groups excluding carboxylic acids is 1. The molecule has 0 bridgehead atoms. The molecule has 0 aliphatic carbocycles. The van der Waals surface area contributed by atoms with Gasteiger partial charge >= 0.3 is 0 Å². The molecule has 0 atom stereocenters. The predicted molar refractivity (Wildman–Crippen MR) is 145 cm³/mol. The Hall–Kier alpha value is -3.82. The lowest BCUT2D eigenvalue weighted by Crippen LogP contribution is -2.62. The van der Waals surface area contributed by atoms with Gasteiger partial charge in [0, 0.05) is 46.9 Å². The molecule has 1 radical (unpaired) electrons. The molecule has 1 aliphatic rings. The number of hydrogen-bond acceptors (Lipinski definition) is 5. The first-order valence-electron chi connectivity index (χ1n) is 12.8. The highest BCUT2D eigenvalue weighted by Crippen LogP contribution is 2.37. The fraction of sp³-hybridized carbons (Fsp3) is 0.379. The Balaban J connectivity index is 1.36. The highest BCUT2D eigenvalue weighted by Gasteiger charge is 2.46. The van der Waals surface area contributed by atoms with Gasteiger partial charge in [0.15, 0.2) is 0 Å². The number of hydrogen-bond donors (Lipinski definition) is 1. The van der Waals surface area contributed by atoms with Crippen LogP contribution < -0.4 is 10.9 Å². The van der Waals surface area contributed by atoms with E-state index in [2.05, 4.69) is 15.5 Å². The third-order valence-electron chi connectivity index (χ3n) is 7.32. The zero-order valence-corrected chi connectivity index (χ0v) is 22.4. The molecule has 197 valence electrons. The van der Waals surface area contributed by atoms with Crippen molar-refractivity contribution in [3.63, 3.8) is 0 Å². The quantitative estimate of drug-likeness (QED) is 0.435. The van der Waals surface area contributed by atoms with Crippen molar-refractivity contribution in [2.75, 3.05) is 0 Å². The number of carbonyl (C=O) groups is 1. The Morgan fingerprint density at radius 3 is 2.24 bits per heavy atom. The lowest BCUT2D eigenvalue weighted by Gasteiger charge is -2.50. The lowest BCUT2D eigenvalue weighted by atomic mass is 9.79. The molecular formula is C29H33N6O3. The normalized spacial score (nSPS) is 17.5. The maximum Gasteiger partial charge on any atom is 0.274 e. The summed E-state index contributed by atoms with van der Waals surface area (Å²) in [5.41, 5.74) is 1.62. The fourth-order valence-electron chi connectivity index (χ4n) is 5.67. The van der Waals surface area contributed by atoms with E-state index in [-0.39, 0.29) is 24.1 Å². The number of nitrogens with one attached hydrogen (secondary N) is 1. The Labute approximate surface area is 221 Å². The fourth-order valence-corrected chi connectivity index (χ4v) is 5.67. The number of fused-ring (bicyclic) bond motifs is 1. The monoisotopic (exact) mass is 513 g/mol. The van der Waals surface area contributed by atoms with Crippen LogP contribution in [0.1, 0.15) is 56.5 Å². The van der Waals surface area contributed by atoms with Crippen molar-refractivity contribution in [3.05, 3.63) is 82.4 Å². The van der Waals surface area contributed by atoms with Gasteiger partial charge in [-0.15, -0.1) is 10.3 Å². The molecule has 1 fully saturated rings. The maximum absolute atomic E-state index is 13.2. The first-order chi connectivity index (χ1) is 17.9. The van der Waals surface area contributed by atoms with Crippen molar-refractivity contribution in [1.82, 2.24) is 29.9 Å². The van der Waals surface area contributed by atoms with Gasteiger partial charge in [-0.25, -0.2) is 4.68 Å². The van der Waals surface area contributed by atoms with Crippen LogP contribution in [0.2, 0.25) is 0 Å². The summed E-state index contributed by atoms with van der Waals surface area (Å²) >= 11 is 0. The Morgan fingerprint density at radius 2 is 1.63 bits per heavy atom. The average Bonchev–Trinajstić information content (AvgIpc) is 3.30. The van der Waals surface area contributed by atoms with Gasteiger partial charge in [0.25, 0.3) is 11.5 Å². The van der Waals surface area contributed by atoms with E-state index in [0.29, 0.717) is 29.5 Å². The minimum absolute atomic E-state index is 0.0938.